The molecular weight excluding hydrogens is 444 g/mol. The Balaban J connectivity index is 1.64. The molecule has 0 fully saturated rings. The fraction of sp³-hybridized carbons (Fsp3) is 0.0400. The van der Waals surface area contributed by atoms with Gasteiger partial charge in [-0.05, 0) is 79.6 Å². The largest absolute Gasteiger partial charge is 0.134 e. The molecule has 28 heavy (non-hydrogen) atoms. The van der Waals surface area contributed by atoms with E-state index < -0.39 is 0 Å². The van der Waals surface area contributed by atoms with Gasteiger partial charge in [-0.2, -0.15) is 0 Å². The molecule has 0 aliphatic heterocycles. The molecule has 0 radical (unpaired) electrons. The lowest BCUT2D eigenvalue weighted by atomic mass is 10.1. The number of halogens is 1. The van der Waals surface area contributed by atoms with Crippen LogP contribution in [0, 0.1) is 6.92 Å². The third kappa shape index (κ3) is 2.40. The molecule has 134 valence electrons. The molecule has 0 amide bonds. The monoisotopic (exact) mass is 458 g/mol. The van der Waals surface area contributed by atoms with Crippen molar-refractivity contribution in [2.24, 2.45) is 0 Å². The highest BCUT2D eigenvalue weighted by Gasteiger charge is 2.18. The van der Waals surface area contributed by atoms with Crippen LogP contribution in [0.25, 0.3) is 51.5 Å². The van der Waals surface area contributed by atoms with Gasteiger partial charge in [0, 0.05) is 24.1 Å². The Morgan fingerprint density at radius 2 is 1.07 bits per heavy atom. The van der Waals surface area contributed by atoms with Crippen molar-refractivity contribution in [1.29, 1.82) is 0 Å². The molecule has 0 nitrogen and oxygen atoms in total. The number of benzene rings is 4. The molecule has 4 aromatic carbocycles. The van der Waals surface area contributed by atoms with Gasteiger partial charge in [-0.3, -0.25) is 0 Å². The minimum Gasteiger partial charge on any atom is -0.134 e. The summed E-state index contributed by atoms with van der Waals surface area (Å²) in [7, 11) is 0. The number of rotatable bonds is 1. The van der Waals surface area contributed by atoms with E-state index in [0.29, 0.717) is 0 Å². The summed E-state index contributed by atoms with van der Waals surface area (Å²) in [5, 5.41) is 7.89. The van der Waals surface area contributed by atoms with Crippen LogP contribution in [0.3, 0.4) is 0 Å². The van der Waals surface area contributed by atoms with Crippen molar-refractivity contribution < 1.29 is 0 Å². The summed E-state index contributed by atoms with van der Waals surface area (Å²) in [5.74, 6) is 0. The van der Waals surface area contributed by atoms with Gasteiger partial charge in [0.05, 0.1) is 4.88 Å². The second kappa shape index (κ2) is 6.15. The zero-order chi connectivity index (χ0) is 18.8. The molecule has 0 aliphatic rings. The molecule has 0 saturated carbocycles. The zero-order valence-corrected chi connectivity index (χ0v) is 18.3. The van der Waals surface area contributed by atoms with E-state index in [-0.39, 0.29) is 0 Å². The second-order valence-electron chi connectivity index (χ2n) is 7.19. The van der Waals surface area contributed by atoms with Gasteiger partial charge in [0.2, 0.25) is 0 Å². The number of aryl methyl sites for hydroxylation is 1. The minimum absolute atomic E-state index is 1.22. The SMILES string of the molecule is Cc1c(-c2sc3cc4ccccc4cc3c2Br)sc2cc3ccccc3cc12. The first-order valence-electron chi connectivity index (χ1n) is 9.22. The van der Waals surface area contributed by atoms with E-state index in [4.69, 9.17) is 0 Å². The Bertz CT molecular complexity index is 1420. The van der Waals surface area contributed by atoms with Gasteiger partial charge in [0.15, 0.2) is 0 Å². The van der Waals surface area contributed by atoms with Crippen LogP contribution in [0.2, 0.25) is 0 Å². The predicted molar refractivity (Wildman–Crippen MR) is 130 cm³/mol. The lowest BCUT2D eigenvalue weighted by Crippen LogP contribution is -1.75. The maximum atomic E-state index is 3.93. The molecular formula is C25H15BrS2. The van der Waals surface area contributed by atoms with Crippen molar-refractivity contribution >= 4 is 80.3 Å². The lowest BCUT2D eigenvalue weighted by Gasteiger charge is -1.99. The van der Waals surface area contributed by atoms with Crippen LogP contribution < -0.4 is 0 Å². The Hall–Kier alpha value is -2.20. The van der Waals surface area contributed by atoms with Crippen LogP contribution in [0.4, 0.5) is 0 Å². The van der Waals surface area contributed by atoms with Gasteiger partial charge < -0.3 is 0 Å². The van der Waals surface area contributed by atoms with Gasteiger partial charge in [-0.15, -0.1) is 22.7 Å². The number of thiophene rings is 2. The normalized spacial score (nSPS) is 11.9. The van der Waals surface area contributed by atoms with Gasteiger partial charge in [-0.1, -0.05) is 48.5 Å². The van der Waals surface area contributed by atoms with Crippen LogP contribution in [0.15, 0.2) is 77.3 Å². The first-order chi connectivity index (χ1) is 13.7. The van der Waals surface area contributed by atoms with Gasteiger partial charge in [0.1, 0.15) is 0 Å². The molecule has 0 spiro atoms. The van der Waals surface area contributed by atoms with Crippen LogP contribution >= 0.6 is 38.6 Å². The predicted octanol–water partition coefficient (Wildman–Crippen LogP) is 9.16. The maximum absolute atomic E-state index is 3.93. The summed E-state index contributed by atoms with van der Waals surface area (Å²) in [6.45, 7) is 2.26. The molecule has 6 aromatic rings. The number of fused-ring (bicyclic) bond motifs is 4. The van der Waals surface area contributed by atoms with Crippen LogP contribution in [0.5, 0.6) is 0 Å². The summed E-state index contributed by atoms with van der Waals surface area (Å²) in [5.41, 5.74) is 1.38. The quantitative estimate of drug-likeness (QED) is 0.230. The third-order valence-corrected chi connectivity index (χ3v) is 9.16. The Kier molecular flexibility index (Phi) is 3.67. The zero-order valence-electron chi connectivity index (χ0n) is 15.1. The van der Waals surface area contributed by atoms with Crippen LogP contribution in [0.1, 0.15) is 5.56 Å². The average molecular weight is 459 g/mol. The van der Waals surface area contributed by atoms with E-state index in [9.17, 15) is 0 Å². The molecule has 0 unspecified atom stereocenters. The van der Waals surface area contributed by atoms with E-state index in [1.807, 2.05) is 22.7 Å². The third-order valence-electron chi connectivity index (χ3n) is 5.51. The van der Waals surface area contributed by atoms with Crippen molar-refractivity contribution in [3.8, 4) is 9.75 Å². The molecule has 3 heteroatoms. The highest BCUT2D eigenvalue weighted by atomic mass is 79.9. The Morgan fingerprint density at radius 3 is 1.68 bits per heavy atom. The van der Waals surface area contributed by atoms with Crippen molar-refractivity contribution in [2.75, 3.05) is 0 Å². The van der Waals surface area contributed by atoms with E-state index in [1.165, 1.54) is 61.5 Å². The highest BCUT2D eigenvalue weighted by Crippen LogP contribution is 2.49. The minimum atomic E-state index is 1.22. The first kappa shape index (κ1) is 16.7. The number of hydrogen-bond donors (Lipinski definition) is 0. The smallest absolute Gasteiger partial charge is 0.0600 e. The molecule has 0 N–H and O–H groups in total. The average Bonchev–Trinajstić information content (AvgIpc) is 3.21. The Labute approximate surface area is 179 Å². The highest BCUT2D eigenvalue weighted by molar-refractivity contribution is 9.10. The maximum Gasteiger partial charge on any atom is 0.0600 e. The lowest BCUT2D eigenvalue weighted by molar-refractivity contribution is 1.60. The second-order valence-corrected chi connectivity index (χ2v) is 10.1. The van der Waals surface area contributed by atoms with Gasteiger partial charge >= 0.3 is 0 Å². The fourth-order valence-corrected chi connectivity index (χ4v) is 7.61. The molecule has 0 atom stereocenters. The van der Waals surface area contributed by atoms with Crippen molar-refractivity contribution in [2.45, 2.75) is 6.92 Å². The van der Waals surface area contributed by atoms with E-state index in [1.54, 1.807) is 0 Å². The van der Waals surface area contributed by atoms with Gasteiger partial charge in [-0.25, -0.2) is 0 Å². The summed E-state index contributed by atoms with van der Waals surface area (Å²) in [6.07, 6.45) is 0. The van der Waals surface area contributed by atoms with Crippen molar-refractivity contribution in [3.63, 3.8) is 0 Å². The van der Waals surface area contributed by atoms with Crippen LogP contribution in [-0.4, -0.2) is 0 Å². The van der Waals surface area contributed by atoms with Crippen molar-refractivity contribution in [3.05, 3.63) is 82.8 Å². The first-order valence-corrected chi connectivity index (χ1v) is 11.6. The standard InChI is InChI=1S/C25H15BrS2/c1-14-19-10-15-6-2-4-8-17(15)12-21(19)27-24(14)25-23(26)20-11-16-7-3-5-9-18(16)13-22(20)28-25/h2-13H,1H3. The van der Waals surface area contributed by atoms with E-state index in [0.717, 1.165) is 0 Å². The molecule has 0 aliphatic carbocycles. The fourth-order valence-electron chi connectivity index (χ4n) is 4.02. The van der Waals surface area contributed by atoms with E-state index in [2.05, 4.69) is 95.7 Å². The summed E-state index contributed by atoms with van der Waals surface area (Å²) in [4.78, 5) is 2.72. The molecule has 0 bridgehead atoms. The molecule has 0 saturated heterocycles. The summed E-state index contributed by atoms with van der Waals surface area (Å²) in [6, 6.07) is 26.5. The number of hydrogen-bond acceptors (Lipinski definition) is 2. The van der Waals surface area contributed by atoms with Gasteiger partial charge in [0.25, 0.3) is 0 Å². The summed E-state index contributed by atoms with van der Waals surface area (Å²) >= 11 is 7.72. The van der Waals surface area contributed by atoms with Crippen molar-refractivity contribution in [1.82, 2.24) is 0 Å². The summed E-state index contributed by atoms with van der Waals surface area (Å²) < 4.78 is 3.92. The molecule has 2 aromatic heterocycles. The molecule has 2 heterocycles. The molecule has 6 rings (SSSR count). The Morgan fingerprint density at radius 1 is 0.607 bits per heavy atom. The topological polar surface area (TPSA) is 0 Å². The van der Waals surface area contributed by atoms with Crippen LogP contribution in [-0.2, 0) is 0 Å². The van der Waals surface area contributed by atoms with E-state index >= 15 is 0 Å².